The molecule has 4 aliphatic rings. The fraction of sp³-hybridized carbons (Fsp3) is 0.806. The zero-order chi connectivity index (χ0) is 33.0. The molecular weight excluding hydrogens is 554 g/mol. The van der Waals surface area contributed by atoms with E-state index in [1.165, 1.54) is 76.6 Å². The Morgan fingerprint density at radius 3 is 2.28 bits per heavy atom. The highest BCUT2D eigenvalue weighted by atomic mass is 31.0. The average Bonchev–Trinajstić information content (AvgIpc) is 3.58. The van der Waals surface area contributed by atoms with Gasteiger partial charge in [0.15, 0.2) is 0 Å². The van der Waals surface area contributed by atoms with E-state index >= 15 is 0 Å². The third kappa shape index (κ3) is 9.32. The fourth-order valence-electron chi connectivity index (χ4n) is 9.53. The lowest BCUT2D eigenvalue weighted by molar-refractivity contribution is -0.0616. The van der Waals surface area contributed by atoms with Crippen LogP contribution in [0.3, 0.4) is 0 Å². The van der Waals surface area contributed by atoms with Crippen molar-refractivity contribution in [3.05, 3.63) is 36.5 Å². The molecule has 3 saturated carbocycles. The van der Waals surface area contributed by atoms with Gasteiger partial charge in [-0.25, -0.2) is 5.90 Å². The van der Waals surface area contributed by atoms with Crippen LogP contribution in [0.1, 0.15) is 112 Å². The Bertz CT molecular complexity index is 925. The van der Waals surface area contributed by atoms with Crippen LogP contribution in [0.25, 0.3) is 0 Å². The molecule has 0 aromatic rings. The number of nitrogens with two attached hydrogens (primary N) is 2. The summed E-state index contributed by atoms with van der Waals surface area (Å²) in [6.45, 7) is 21.9. The van der Waals surface area contributed by atoms with Crippen LogP contribution < -0.4 is 16.9 Å². The Morgan fingerprint density at radius 1 is 1.16 bits per heavy atom. The molecule has 0 bridgehead atoms. The van der Waals surface area contributed by atoms with Gasteiger partial charge in [-0.1, -0.05) is 77.5 Å². The zero-order valence-electron chi connectivity index (χ0n) is 29.0. The topological polar surface area (TPSA) is 97.1 Å². The predicted molar refractivity (Wildman–Crippen MR) is 189 cm³/mol. The minimum Gasteiger partial charge on any atom is -0.325 e. The summed E-state index contributed by atoms with van der Waals surface area (Å²) >= 11 is 0. The number of nitrogens with one attached hydrogen (secondary N) is 2. The molecule has 0 spiro atoms. The Morgan fingerprint density at radius 2 is 1.79 bits per heavy atom. The van der Waals surface area contributed by atoms with Crippen molar-refractivity contribution in [1.29, 1.82) is 5.41 Å². The van der Waals surface area contributed by atoms with Gasteiger partial charge in [-0.2, -0.15) is 0 Å². The van der Waals surface area contributed by atoms with Crippen LogP contribution in [-0.4, -0.2) is 43.8 Å². The van der Waals surface area contributed by atoms with Crippen LogP contribution in [0.5, 0.6) is 0 Å². The number of hydrogen-bond donors (Lipinski definition) is 4. The van der Waals surface area contributed by atoms with Crippen molar-refractivity contribution in [2.45, 2.75) is 130 Å². The SMILES string of the molecule is C=C(CC(C)C)C1CCC(CP)N1.C=C/C=C1/CCC2(N)C(CCC3(C)C(C(C)=N)CCC32)C1(C)CCC.CF.CON. The molecule has 250 valence electrons. The van der Waals surface area contributed by atoms with Crippen LogP contribution in [0.15, 0.2) is 36.5 Å². The Balaban J connectivity index is 0.000000432. The van der Waals surface area contributed by atoms with E-state index < -0.39 is 0 Å². The fourth-order valence-corrected chi connectivity index (χ4v) is 9.90. The normalized spacial score (nSPS) is 37.0. The average molecular weight is 623 g/mol. The van der Waals surface area contributed by atoms with Gasteiger partial charge in [-0.05, 0) is 106 Å². The number of allylic oxidation sites excluding steroid dienone is 3. The second kappa shape index (κ2) is 18.3. The smallest absolute Gasteiger partial charge is 0.0785 e. The van der Waals surface area contributed by atoms with Crippen LogP contribution >= 0.6 is 9.24 Å². The van der Waals surface area contributed by atoms with E-state index in [9.17, 15) is 4.39 Å². The first-order chi connectivity index (χ1) is 20.3. The molecule has 43 heavy (non-hydrogen) atoms. The molecule has 0 aromatic carbocycles. The molecule has 0 radical (unpaired) electrons. The van der Waals surface area contributed by atoms with Crippen LogP contribution in [0.4, 0.5) is 4.39 Å². The third-order valence-corrected chi connectivity index (χ3v) is 11.8. The first-order valence-electron chi connectivity index (χ1n) is 16.7. The number of halogens is 1. The predicted octanol–water partition coefficient (Wildman–Crippen LogP) is 8.56. The third-order valence-electron chi connectivity index (χ3n) is 11.2. The van der Waals surface area contributed by atoms with E-state index in [4.69, 9.17) is 11.1 Å². The molecule has 0 aromatic heterocycles. The van der Waals surface area contributed by atoms with Gasteiger partial charge in [0.2, 0.25) is 0 Å². The van der Waals surface area contributed by atoms with E-state index in [2.05, 4.69) is 79.1 Å². The lowest BCUT2D eigenvalue weighted by Crippen LogP contribution is -2.66. The highest BCUT2D eigenvalue weighted by Gasteiger charge is 2.64. The quantitative estimate of drug-likeness (QED) is 0.0944. The summed E-state index contributed by atoms with van der Waals surface area (Å²) in [6, 6.07) is 1.30. The maximum Gasteiger partial charge on any atom is 0.0785 e. The van der Waals surface area contributed by atoms with Gasteiger partial charge in [0.05, 0.1) is 14.3 Å². The summed E-state index contributed by atoms with van der Waals surface area (Å²) in [6.07, 6.45) is 18.7. The van der Waals surface area contributed by atoms with Gasteiger partial charge in [-0.3, -0.25) is 4.39 Å². The van der Waals surface area contributed by atoms with Crippen molar-refractivity contribution in [1.82, 2.24) is 5.32 Å². The molecule has 0 amide bonds. The molecule has 4 fully saturated rings. The van der Waals surface area contributed by atoms with Crippen LogP contribution in [-0.2, 0) is 4.84 Å². The van der Waals surface area contributed by atoms with Gasteiger partial charge in [0.1, 0.15) is 0 Å². The summed E-state index contributed by atoms with van der Waals surface area (Å²) < 4.78 is 9.50. The molecule has 1 heterocycles. The second-order valence-corrected chi connectivity index (χ2v) is 14.9. The van der Waals surface area contributed by atoms with E-state index in [1.807, 2.05) is 13.0 Å². The van der Waals surface area contributed by atoms with E-state index in [0.29, 0.717) is 37.0 Å². The molecule has 6 N–H and O–H groups in total. The molecule has 3 aliphatic carbocycles. The Kier molecular flexibility index (Phi) is 17.1. The molecule has 1 saturated heterocycles. The maximum absolute atomic E-state index is 9.50. The molecular formula is C36H68FN4OP. The maximum atomic E-state index is 9.50. The van der Waals surface area contributed by atoms with E-state index in [0.717, 1.165) is 24.5 Å². The van der Waals surface area contributed by atoms with Crippen LogP contribution in [0, 0.1) is 39.9 Å². The van der Waals surface area contributed by atoms with Crippen molar-refractivity contribution in [2.75, 3.05) is 20.4 Å². The van der Waals surface area contributed by atoms with Crippen molar-refractivity contribution >= 4 is 15.0 Å². The van der Waals surface area contributed by atoms with Crippen LogP contribution in [0.2, 0.25) is 0 Å². The molecule has 9 atom stereocenters. The summed E-state index contributed by atoms with van der Waals surface area (Å²) in [5.41, 5.74) is 11.6. The second-order valence-electron chi connectivity index (χ2n) is 14.4. The Labute approximate surface area is 267 Å². The Hall–Kier alpha value is -0.910. The summed E-state index contributed by atoms with van der Waals surface area (Å²) in [7, 11) is 4.72. The summed E-state index contributed by atoms with van der Waals surface area (Å²) in [5, 5.41) is 11.9. The van der Waals surface area contributed by atoms with Gasteiger partial charge in [0.25, 0.3) is 0 Å². The van der Waals surface area contributed by atoms with Gasteiger partial charge < -0.3 is 21.3 Å². The number of hydrogen-bond acceptors (Lipinski definition) is 5. The number of rotatable bonds is 8. The van der Waals surface area contributed by atoms with Crippen molar-refractivity contribution < 1.29 is 9.23 Å². The highest BCUT2D eigenvalue weighted by Crippen LogP contribution is 2.67. The standard InChI is InChI=1S/C23H38N2.C11H22NP.CH3F.CH5NO/c1-6-8-17-11-15-23(25)19-10-9-18(16(3)24)22(19,5)14-12-20(23)21(17,4)13-7-2;1-8(2)6-9(3)11-5-4-10(7-13)12-11;1-2;1-3-2/h6,8,18-20,24H,1,7,9-15,25H2,2-5H3;8,10-12H,3-7,13H2,1-2H3;1H3;2H2,1H3/b17-8-,24-16?;;;. The lowest BCUT2D eigenvalue weighted by Gasteiger charge is -2.63. The van der Waals surface area contributed by atoms with Gasteiger partial charge in [0, 0.05) is 29.3 Å². The van der Waals surface area contributed by atoms with Gasteiger partial charge >= 0.3 is 0 Å². The molecule has 5 nitrogen and oxygen atoms in total. The largest absolute Gasteiger partial charge is 0.325 e. The van der Waals surface area contributed by atoms with E-state index in [1.54, 1.807) is 5.57 Å². The molecule has 7 heteroatoms. The number of fused-ring (bicyclic) bond motifs is 3. The lowest BCUT2D eigenvalue weighted by atomic mass is 9.44. The summed E-state index contributed by atoms with van der Waals surface area (Å²) in [4.78, 5) is 3.75. The molecule has 4 rings (SSSR count). The zero-order valence-corrected chi connectivity index (χ0v) is 30.2. The first-order valence-corrected chi connectivity index (χ1v) is 17.5. The number of alkyl halides is 1. The van der Waals surface area contributed by atoms with Crippen molar-refractivity contribution in [2.24, 2.45) is 46.1 Å². The minimum absolute atomic E-state index is 0.0559. The monoisotopic (exact) mass is 623 g/mol. The summed E-state index contributed by atoms with van der Waals surface area (Å²) in [5.74, 6) is 6.68. The minimum atomic E-state index is -0.0559. The molecule has 9 unspecified atom stereocenters. The highest BCUT2D eigenvalue weighted by molar-refractivity contribution is 7.16. The van der Waals surface area contributed by atoms with Gasteiger partial charge in [-0.15, -0.1) is 9.24 Å². The van der Waals surface area contributed by atoms with E-state index in [-0.39, 0.29) is 16.4 Å². The first kappa shape index (κ1) is 40.1. The van der Waals surface area contributed by atoms with Crippen molar-refractivity contribution in [3.8, 4) is 0 Å². The van der Waals surface area contributed by atoms with Crippen molar-refractivity contribution in [3.63, 3.8) is 0 Å². The molecule has 1 aliphatic heterocycles.